The average Bonchev–Trinajstić information content (AvgIpc) is 3.16. The summed E-state index contributed by atoms with van der Waals surface area (Å²) in [4.78, 5) is 31.6. The van der Waals surface area contributed by atoms with Gasteiger partial charge in [-0.05, 0) is 61.1 Å². The van der Waals surface area contributed by atoms with Crippen LogP contribution in [0.5, 0.6) is 5.75 Å². The molecule has 1 aromatic heterocycles. The van der Waals surface area contributed by atoms with Crippen LogP contribution in [0.1, 0.15) is 43.8 Å². The molecule has 2 aromatic rings. The van der Waals surface area contributed by atoms with Gasteiger partial charge in [-0.25, -0.2) is 0 Å². The fourth-order valence-corrected chi connectivity index (χ4v) is 5.17. The molecule has 2 aliphatic rings. The minimum absolute atomic E-state index is 0.00956. The summed E-state index contributed by atoms with van der Waals surface area (Å²) in [6.07, 6.45) is 3.40. The molecule has 4 rings (SSSR count). The maximum atomic E-state index is 12.9. The molecule has 1 unspecified atom stereocenters. The average molecular weight is 399 g/mol. The molecule has 0 radical (unpaired) electrons. The maximum Gasteiger partial charge on any atom is 0.264 e. The van der Waals surface area contributed by atoms with Crippen LogP contribution in [-0.2, 0) is 12.8 Å². The number of carbonyl (C=O) groups excluding carboxylic acids is 2. The highest BCUT2D eigenvalue weighted by atomic mass is 32.1. The van der Waals surface area contributed by atoms with Crippen molar-refractivity contribution in [3.05, 3.63) is 51.2 Å². The second-order valence-corrected chi connectivity index (χ2v) is 8.86. The number of aryl methyl sites for hydroxylation is 1. The van der Waals surface area contributed by atoms with Crippen molar-refractivity contribution in [2.24, 2.45) is 5.92 Å². The quantitative estimate of drug-likeness (QED) is 0.795. The van der Waals surface area contributed by atoms with Crippen molar-refractivity contribution < 1.29 is 14.3 Å². The van der Waals surface area contributed by atoms with E-state index in [-0.39, 0.29) is 11.8 Å². The normalized spacial score (nSPS) is 19.3. The number of fused-ring (bicyclic) bond motifs is 1. The molecule has 1 aliphatic carbocycles. The van der Waals surface area contributed by atoms with Gasteiger partial charge in [0.25, 0.3) is 11.8 Å². The predicted octanol–water partition coefficient (Wildman–Crippen LogP) is 3.48. The van der Waals surface area contributed by atoms with Crippen molar-refractivity contribution in [3.8, 4) is 5.75 Å². The Morgan fingerprint density at radius 1 is 1.04 bits per heavy atom. The first-order valence-electron chi connectivity index (χ1n) is 9.89. The SMILES string of the molecule is COc1ccc(C(=O)N2CCN(C(=O)c3cc4c(s3)CCC(C)C4)CC2)cc1. The largest absolute Gasteiger partial charge is 0.497 e. The molecule has 1 fully saturated rings. The molecule has 2 heterocycles. The summed E-state index contributed by atoms with van der Waals surface area (Å²) in [6, 6.07) is 9.28. The summed E-state index contributed by atoms with van der Waals surface area (Å²) in [7, 11) is 1.61. The van der Waals surface area contributed by atoms with Gasteiger partial charge in [-0.1, -0.05) is 6.92 Å². The Hall–Kier alpha value is -2.34. The van der Waals surface area contributed by atoms with Crippen molar-refractivity contribution in [2.45, 2.75) is 26.2 Å². The lowest BCUT2D eigenvalue weighted by Crippen LogP contribution is -2.50. The number of amides is 2. The van der Waals surface area contributed by atoms with Crippen LogP contribution in [0.15, 0.2) is 30.3 Å². The summed E-state index contributed by atoms with van der Waals surface area (Å²) in [6.45, 7) is 4.58. The highest BCUT2D eigenvalue weighted by Gasteiger charge is 2.28. The Labute approximate surface area is 169 Å². The van der Waals surface area contributed by atoms with Gasteiger partial charge < -0.3 is 14.5 Å². The van der Waals surface area contributed by atoms with Crippen molar-refractivity contribution >= 4 is 23.2 Å². The third-order valence-corrected chi connectivity index (χ3v) is 6.96. The number of carbonyl (C=O) groups is 2. The molecule has 2 amide bonds. The lowest BCUT2D eigenvalue weighted by atomic mass is 9.90. The van der Waals surface area contributed by atoms with Gasteiger partial charge in [0.1, 0.15) is 5.75 Å². The van der Waals surface area contributed by atoms with E-state index >= 15 is 0 Å². The van der Waals surface area contributed by atoms with Gasteiger partial charge >= 0.3 is 0 Å². The first-order valence-corrected chi connectivity index (χ1v) is 10.7. The number of methoxy groups -OCH3 is 1. The number of rotatable bonds is 3. The highest BCUT2D eigenvalue weighted by molar-refractivity contribution is 7.14. The number of hydrogen-bond acceptors (Lipinski definition) is 4. The van der Waals surface area contributed by atoms with E-state index < -0.39 is 0 Å². The van der Waals surface area contributed by atoms with Crippen LogP contribution in [0.2, 0.25) is 0 Å². The van der Waals surface area contributed by atoms with Gasteiger partial charge in [-0.2, -0.15) is 0 Å². The number of ether oxygens (including phenoxy) is 1. The second kappa shape index (κ2) is 7.95. The molecule has 0 bridgehead atoms. The summed E-state index contributed by atoms with van der Waals surface area (Å²) in [5, 5.41) is 0. The lowest BCUT2D eigenvalue weighted by Gasteiger charge is -2.34. The third kappa shape index (κ3) is 3.78. The van der Waals surface area contributed by atoms with Crippen LogP contribution in [0.3, 0.4) is 0 Å². The van der Waals surface area contributed by atoms with E-state index in [9.17, 15) is 9.59 Å². The van der Waals surface area contributed by atoms with E-state index in [1.165, 1.54) is 16.9 Å². The zero-order chi connectivity index (χ0) is 19.7. The molecule has 1 saturated heterocycles. The maximum absolute atomic E-state index is 12.9. The van der Waals surface area contributed by atoms with Gasteiger partial charge in [0.15, 0.2) is 0 Å². The molecular weight excluding hydrogens is 372 g/mol. The van der Waals surface area contributed by atoms with Gasteiger partial charge in [0.05, 0.1) is 12.0 Å². The van der Waals surface area contributed by atoms with Gasteiger partial charge in [0, 0.05) is 36.6 Å². The zero-order valence-corrected chi connectivity index (χ0v) is 17.3. The van der Waals surface area contributed by atoms with Crippen molar-refractivity contribution in [2.75, 3.05) is 33.3 Å². The summed E-state index contributed by atoms with van der Waals surface area (Å²) in [5.41, 5.74) is 2.01. The number of nitrogens with zero attached hydrogens (tertiary/aromatic N) is 2. The Balaban J connectivity index is 1.37. The van der Waals surface area contributed by atoms with Crippen molar-refractivity contribution in [3.63, 3.8) is 0 Å². The molecule has 28 heavy (non-hydrogen) atoms. The fraction of sp³-hybridized carbons (Fsp3) is 0.455. The third-order valence-electron chi connectivity index (χ3n) is 5.73. The fourth-order valence-electron chi connectivity index (χ4n) is 4.00. The van der Waals surface area contributed by atoms with Crippen LogP contribution >= 0.6 is 11.3 Å². The number of benzene rings is 1. The Bertz CT molecular complexity index is 866. The number of piperazine rings is 1. The Morgan fingerprint density at radius 2 is 1.68 bits per heavy atom. The predicted molar refractivity (Wildman–Crippen MR) is 110 cm³/mol. The minimum Gasteiger partial charge on any atom is -0.497 e. The topological polar surface area (TPSA) is 49.9 Å². The molecular formula is C22H26N2O3S. The van der Waals surface area contributed by atoms with Crippen LogP contribution in [0, 0.1) is 5.92 Å². The van der Waals surface area contributed by atoms with Crippen LogP contribution < -0.4 is 4.74 Å². The van der Waals surface area contributed by atoms with E-state index in [0.717, 1.165) is 23.5 Å². The van der Waals surface area contributed by atoms with Crippen molar-refractivity contribution in [1.82, 2.24) is 9.80 Å². The van der Waals surface area contributed by atoms with Gasteiger partial charge in [0.2, 0.25) is 0 Å². The first-order chi connectivity index (χ1) is 13.5. The Kier molecular flexibility index (Phi) is 5.40. The van der Waals surface area contributed by atoms with Crippen LogP contribution in [0.4, 0.5) is 0 Å². The molecule has 148 valence electrons. The molecule has 5 nitrogen and oxygen atoms in total. The number of hydrogen-bond donors (Lipinski definition) is 0. The lowest BCUT2D eigenvalue weighted by molar-refractivity contribution is 0.0538. The van der Waals surface area contributed by atoms with E-state index in [4.69, 9.17) is 4.74 Å². The Morgan fingerprint density at radius 3 is 2.32 bits per heavy atom. The standard InChI is InChI=1S/C22H26N2O3S/c1-15-3-8-19-17(13-15)14-20(28-19)22(26)24-11-9-23(10-12-24)21(25)16-4-6-18(27-2)7-5-16/h4-7,14-15H,3,8-13H2,1-2H3. The van der Waals surface area contributed by atoms with Crippen molar-refractivity contribution in [1.29, 1.82) is 0 Å². The van der Waals surface area contributed by atoms with E-state index in [2.05, 4.69) is 13.0 Å². The van der Waals surface area contributed by atoms with Crippen LogP contribution in [-0.4, -0.2) is 54.9 Å². The molecule has 1 aromatic carbocycles. The number of thiophene rings is 1. The second-order valence-electron chi connectivity index (χ2n) is 7.72. The smallest absolute Gasteiger partial charge is 0.264 e. The molecule has 0 spiro atoms. The van der Waals surface area contributed by atoms with E-state index in [0.29, 0.717) is 37.7 Å². The zero-order valence-electron chi connectivity index (χ0n) is 16.4. The van der Waals surface area contributed by atoms with Gasteiger partial charge in [-0.15, -0.1) is 11.3 Å². The summed E-state index contributed by atoms with van der Waals surface area (Å²) in [5.74, 6) is 1.57. The first kappa shape index (κ1) is 19.0. The highest BCUT2D eigenvalue weighted by Crippen LogP contribution is 2.32. The monoisotopic (exact) mass is 398 g/mol. The van der Waals surface area contributed by atoms with E-state index in [1.807, 2.05) is 9.80 Å². The molecule has 0 saturated carbocycles. The minimum atomic E-state index is 0.00956. The molecule has 6 heteroatoms. The summed E-state index contributed by atoms with van der Waals surface area (Å²) < 4.78 is 5.14. The molecule has 1 atom stereocenters. The van der Waals surface area contributed by atoms with Crippen LogP contribution in [0.25, 0.3) is 0 Å². The molecule has 1 aliphatic heterocycles. The molecule has 0 N–H and O–H groups in total. The van der Waals surface area contributed by atoms with E-state index in [1.54, 1.807) is 42.7 Å². The summed E-state index contributed by atoms with van der Waals surface area (Å²) >= 11 is 1.66. The van der Waals surface area contributed by atoms with Gasteiger partial charge in [-0.3, -0.25) is 9.59 Å².